The molecule has 1 aromatic carbocycles. The van der Waals surface area contributed by atoms with Crippen molar-refractivity contribution in [1.29, 1.82) is 0 Å². The molecule has 0 aliphatic carbocycles. The van der Waals surface area contributed by atoms with Crippen LogP contribution in [0.15, 0.2) is 30.5 Å². The first-order valence-electron chi connectivity index (χ1n) is 7.22. The molecule has 4 heteroatoms. The number of hydrogen-bond donors (Lipinski definition) is 2. The lowest BCUT2D eigenvalue weighted by Gasteiger charge is -2.26. The fourth-order valence-corrected chi connectivity index (χ4v) is 2.47. The number of nitrogens with one attached hydrogen (secondary N) is 1. The van der Waals surface area contributed by atoms with Gasteiger partial charge in [0.2, 0.25) is 0 Å². The number of fused-ring (bicyclic) bond motifs is 1. The fourth-order valence-electron chi connectivity index (χ4n) is 2.47. The number of aliphatic hydroxyl groups excluding tert-OH is 1. The van der Waals surface area contributed by atoms with Crippen LogP contribution in [-0.4, -0.2) is 28.1 Å². The quantitative estimate of drug-likeness (QED) is 0.888. The number of aliphatic hydroxyl groups is 1. The van der Waals surface area contributed by atoms with Crippen molar-refractivity contribution in [2.45, 2.75) is 39.2 Å². The van der Waals surface area contributed by atoms with Crippen molar-refractivity contribution in [3.05, 3.63) is 41.6 Å². The number of pyridine rings is 1. The van der Waals surface area contributed by atoms with Crippen molar-refractivity contribution in [3.8, 4) is 0 Å². The van der Waals surface area contributed by atoms with Gasteiger partial charge in [-0.25, -0.2) is 0 Å². The molecule has 2 aromatic rings. The summed E-state index contributed by atoms with van der Waals surface area (Å²) in [6.45, 7) is 6.00. The van der Waals surface area contributed by atoms with Gasteiger partial charge in [-0.2, -0.15) is 0 Å². The van der Waals surface area contributed by atoms with Crippen molar-refractivity contribution >= 4 is 16.8 Å². The van der Waals surface area contributed by atoms with Crippen LogP contribution >= 0.6 is 0 Å². The van der Waals surface area contributed by atoms with E-state index in [1.165, 1.54) is 0 Å². The summed E-state index contributed by atoms with van der Waals surface area (Å²) in [7, 11) is 0. The van der Waals surface area contributed by atoms with Crippen molar-refractivity contribution in [2.75, 3.05) is 6.61 Å². The average Bonchev–Trinajstić information content (AvgIpc) is 2.45. The van der Waals surface area contributed by atoms with Crippen LogP contribution < -0.4 is 5.32 Å². The van der Waals surface area contributed by atoms with Gasteiger partial charge >= 0.3 is 0 Å². The molecular formula is C17H22N2O2. The standard InChI is InChI=1S/C17H22N2O2/c1-12-13-7-4-5-8-15(13)18-11-14(12)16(21)19-17(2,3)9-6-10-20/h4-5,7-8,11,20H,6,9-10H2,1-3H3,(H,19,21). The Morgan fingerprint density at radius 1 is 1.33 bits per heavy atom. The number of aryl methyl sites for hydroxylation is 1. The second-order valence-electron chi connectivity index (χ2n) is 5.98. The SMILES string of the molecule is Cc1c(C(=O)NC(C)(C)CCCO)cnc2ccccc12. The van der Waals surface area contributed by atoms with Crippen LogP contribution in [0, 0.1) is 6.92 Å². The second-order valence-corrected chi connectivity index (χ2v) is 5.98. The molecule has 0 saturated carbocycles. The summed E-state index contributed by atoms with van der Waals surface area (Å²) in [5.41, 5.74) is 2.09. The Bertz CT molecular complexity index is 650. The molecule has 112 valence electrons. The van der Waals surface area contributed by atoms with E-state index in [1.807, 2.05) is 45.0 Å². The van der Waals surface area contributed by atoms with Gasteiger partial charge < -0.3 is 10.4 Å². The van der Waals surface area contributed by atoms with E-state index < -0.39 is 0 Å². The zero-order valence-corrected chi connectivity index (χ0v) is 12.8. The highest BCUT2D eigenvalue weighted by Gasteiger charge is 2.22. The predicted octanol–water partition coefficient (Wildman–Crippen LogP) is 2.82. The van der Waals surface area contributed by atoms with Crippen LogP contribution in [-0.2, 0) is 0 Å². The second kappa shape index (κ2) is 6.22. The molecule has 0 radical (unpaired) electrons. The summed E-state index contributed by atoms with van der Waals surface area (Å²) < 4.78 is 0. The molecule has 1 amide bonds. The summed E-state index contributed by atoms with van der Waals surface area (Å²) in [4.78, 5) is 16.8. The number of amides is 1. The highest BCUT2D eigenvalue weighted by atomic mass is 16.3. The first-order valence-corrected chi connectivity index (χ1v) is 7.22. The Labute approximate surface area is 125 Å². The van der Waals surface area contributed by atoms with Gasteiger partial charge in [-0.05, 0) is 45.2 Å². The number of rotatable bonds is 5. The molecule has 21 heavy (non-hydrogen) atoms. The Morgan fingerprint density at radius 2 is 2.05 bits per heavy atom. The third-order valence-electron chi connectivity index (χ3n) is 3.70. The molecule has 2 N–H and O–H groups in total. The van der Waals surface area contributed by atoms with Gasteiger partial charge in [-0.3, -0.25) is 9.78 Å². The van der Waals surface area contributed by atoms with Crippen molar-refractivity contribution in [3.63, 3.8) is 0 Å². The molecule has 2 rings (SSSR count). The van der Waals surface area contributed by atoms with Gasteiger partial charge in [-0.15, -0.1) is 0 Å². The normalized spacial score (nSPS) is 11.6. The largest absolute Gasteiger partial charge is 0.396 e. The van der Waals surface area contributed by atoms with Crippen molar-refractivity contribution in [1.82, 2.24) is 10.3 Å². The molecule has 0 aliphatic rings. The summed E-state index contributed by atoms with van der Waals surface area (Å²) >= 11 is 0. The minimum atomic E-state index is -0.349. The lowest BCUT2D eigenvalue weighted by Crippen LogP contribution is -2.43. The van der Waals surface area contributed by atoms with Gasteiger partial charge in [0.05, 0.1) is 11.1 Å². The van der Waals surface area contributed by atoms with Gasteiger partial charge in [0.15, 0.2) is 0 Å². The third kappa shape index (κ3) is 3.58. The maximum absolute atomic E-state index is 12.5. The Kier molecular flexibility index (Phi) is 4.58. The molecule has 1 heterocycles. The van der Waals surface area contributed by atoms with Crippen LogP contribution in [0.5, 0.6) is 0 Å². The Morgan fingerprint density at radius 3 is 2.76 bits per heavy atom. The predicted molar refractivity (Wildman–Crippen MR) is 84.3 cm³/mol. The van der Waals surface area contributed by atoms with Crippen LogP contribution in [0.25, 0.3) is 10.9 Å². The monoisotopic (exact) mass is 286 g/mol. The van der Waals surface area contributed by atoms with Gasteiger partial charge in [0.1, 0.15) is 0 Å². The summed E-state index contributed by atoms with van der Waals surface area (Å²) in [5.74, 6) is -0.117. The zero-order chi connectivity index (χ0) is 15.5. The smallest absolute Gasteiger partial charge is 0.253 e. The maximum atomic E-state index is 12.5. The molecule has 0 bridgehead atoms. The zero-order valence-electron chi connectivity index (χ0n) is 12.8. The summed E-state index contributed by atoms with van der Waals surface area (Å²) in [5, 5.41) is 12.9. The van der Waals surface area contributed by atoms with E-state index in [-0.39, 0.29) is 18.1 Å². The van der Waals surface area contributed by atoms with E-state index in [1.54, 1.807) is 6.20 Å². The molecular weight excluding hydrogens is 264 g/mol. The topological polar surface area (TPSA) is 62.2 Å². The van der Waals surface area contributed by atoms with Crippen LogP contribution in [0.1, 0.15) is 42.6 Å². The minimum absolute atomic E-state index is 0.117. The first kappa shape index (κ1) is 15.4. The maximum Gasteiger partial charge on any atom is 0.253 e. The first-order chi connectivity index (χ1) is 9.94. The lowest BCUT2D eigenvalue weighted by molar-refractivity contribution is 0.0904. The van der Waals surface area contributed by atoms with Crippen LogP contribution in [0.2, 0.25) is 0 Å². The van der Waals surface area contributed by atoms with E-state index in [9.17, 15) is 4.79 Å². The molecule has 0 atom stereocenters. The number of para-hydroxylation sites is 1. The minimum Gasteiger partial charge on any atom is -0.396 e. The highest BCUT2D eigenvalue weighted by molar-refractivity contribution is 6.00. The van der Waals surface area contributed by atoms with Crippen LogP contribution in [0.4, 0.5) is 0 Å². The molecule has 0 fully saturated rings. The molecule has 0 unspecified atom stereocenters. The average molecular weight is 286 g/mol. The van der Waals surface area contributed by atoms with Gasteiger partial charge in [-0.1, -0.05) is 18.2 Å². The molecule has 0 aliphatic heterocycles. The number of aromatic nitrogens is 1. The van der Waals surface area contributed by atoms with E-state index in [0.717, 1.165) is 22.9 Å². The van der Waals surface area contributed by atoms with E-state index in [2.05, 4.69) is 10.3 Å². The van der Waals surface area contributed by atoms with Gasteiger partial charge in [0, 0.05) is 23.7 Å². The summed E-state index contributed by atoms with van der Waals surface area (Å²) in [6.07, 6.45) is 3.03. The van der Waals surface area contributed by atoms with E-state index >= 15 is 0 Å². The van der Waals surface area contributed by atoms with E-state index in [4.69, 9.17) is 5.11 Å². The highest BCUT2D eigenvalue weighted by Crippen LogP contribution is 2.20. The number of hydrogen-bond acceptors (Lipinski definition) is 3. The van der Waals surface area contributed by atoms with Crippen LogP contribution in [0.3, 0.4) is 0 Å². The molecule has 4 nitrogen and oxygen atoms in total. The van der Waals surface area contributed by atoms with E-state index in [0.29, 0.717) is 12.0 Å². The number of nitrogens with zero attached hydrogens (tertiary/aromatic N) is 1. The Balaban J connectivity index is 2.25. The molecule has 0 saturated heterocycles. The Hall–Kier alpha value is -1.94. The number of carbonyl (C=O) groups is 1. The van der Waals surface area contributed by atoms with Gasteiger partial charge in [0.25, 0.3) is 5.91 Å². The third-order valence-corrected chi connectivity index (χ3v) is 3.70. The van der Waals surface area contributed by atoms with Crippen molar-refractivity contribution < 1.29 is 9.90 Å². The fraction of sp³-hybridized carbons (Fsp3) is 0.412. The van der Waals surface area contributed by atoms with Crippen molar-refractivity contribution in [2.24, 2.45) is 0 Å². The number of benzene rings is 1. The lowest BCUT2D eigenvalue weighted by atomic mass is 9.97. The molecule has 0 spiro atoms. The number of carbonyl (C=O) groups excluding carboxylic acids is 1. The molecule has 1 aromatic heterocycles. The summed E-state index contributed by atoms with van der Waals surface area (Å²) in [6, 6.07) is 7.80.